The number of anilines is 1. The maximum atomic E-state index is 12.8. The van der Waals surface area contributed by atoms with Crippen LogP contribution in [0.5, 0.6) is 5.75 Å². The first-order valence-electron chi connectivity index (χ1n) is 11.7. The second kappa shape index (κ2) is 10.0. The van der Waals surface area contributed by atoms with E-state index in [1.165, 1.54) is 19.3 Å². The molecule has 0 atom stereocenters. The highest BCUT2D eigenvalue weighted by Gasteiger charge is 2.12. The van der Waals surface area contributed by atoms with Crippen molar-refractivity contribution in [2.45, 2.75) is 25.8 Å². The fourth-order valence-electron chi connectivity index (χ4n) is 4.34. The molecule has 34 heavy (non-hydrogen) atoms. The van der Waals surface area contributed by atoms with Crippen LogP contribution < -0.4 is 10.1 Å². The molecule has 3 heterocycles. The third-order valence-corrected chi connectivity index (χ3v) is 6.25. The van der Waals surface area contributed by atoms with Crippen molar-refractivity contribution in [1.82, 2.24) is 14.9 Å². The number of ether oxygens (including phenoxy) is 1. The molecule has 4 aromatic rings. The van der Waals surface area contributed by atoms with Crippen molar-refractivity contribution in [3.05, 3.63) is 84.2 Å². The number of hydrogen-bond donors (Lipinski definition) is 1. The van der Waals surface area contributed by atoms with Gasteiger partial charge in [-0.15, -0.1) is 0 Å². The van der Waals surface area contributed by atoms with E-state index in [-0.39, 0.29) is 5.91 Å². The maximum absolute atomic E-state index is 12.8. The monoisotopic (exact) mass is 452 g/mol. The largest absolute Gasteiger partial charge is 0.497 e. The van der Waals surface area contributed by atoms with Gasteiger partial charge in [0.15, 0.2) is 0 Å². The first kappa shape index (κ1) is 22.0. The number of piperidine rings is 1. The number of benzene rings is 2. The predicted molar refractivity (Wildman–Crippen MR) is 135 cm³/mol. The summed E-state index contributed by atoms with van der Waals surface area (Å²) in [5.74, 6) is 0.603. The number of pyridine rings is 2. The number of rotatable bonds is 6. The standard InChI is InChI=1S/C28H28N4O2/c1-34-25-11-6-20(7-12-25)26-13-8-22(18-29-26)28(33)31-23-10-14-27-21(17-23)5-9-24(30-27)19-32-15-3-2-4-16-32/h5-14,17-18H,2-4,15-16,19H2,1H3,(H,31,33). The normalized spacial score (nSPS) is 14.1. The van der Waals surface area contributed by atoms with Gasteiger partial charge in [0.1, 0.15) is 5.75 Å². The number of hydrogen-bond acceptors (Lipinski definition) is 5. The second-order valence-corrected chi connectivity index (χ2v) is 8.66. The van der Waals surface area contributed by atoms with Crippen molar-refractivity contribution in [2.24, 2.45) is 0 Å². The van der Waals surface area contributed by atoms with Gasteiger partial charge in [0.05, 0.1) is 29.6 Å². The minimum Gasteiger partial charge on any atom is -0.497 e. The Kier molecular flexibility index (Phi) is 6.49. The Labute approximate surface area is 199 Å². The van der Waals surface area contributed by atoms with Gasteiger partial charge in [-0.2, -0.15) is 0 Å². The maximum Gasteiger partial charge on any atom is 0.257 e. The Bertz CT molecular complexity index is 1280. The van der Waals surface area contributed by atoms with Gasteiger partial charge in [-0.1, -0.05) is 12.5 Å². The third-order valence-electron chi connectivity index (χ3n) is 6.25. The molecule has 1 saturated heterocycles. The number of methoxy groups -OCH3 is 1. The van der Waals surface area contributed by atoms with Crippen LogP contribution in [0, 0.1) is 0 Å². The van der Waals surface area contributed by atoms with Crippen molar-refractivity contribution in [1.29, 1.82) is 0 Å². The molecule has 1 amide bonds. The molecule has 172 valence electrons. The molecule has 1 aliphatic heterocycles. The average molecular weight is 453 g/mol. The van der Waals surface area contributed by atoms with Crippen LogP contribution >= 0.6 is 0 Å². The summed E-state index contributed by atoms with van der Waals surface area (Å²) in [6, 6.07) is 21.3. The number of fused-ring (bicyclic) bond motifs is 1. The number of nitrogens with zero attached hydrogens (tertiary/aromatic N) is 3. The summed E-state index contributed by atoms with van der Waals surface area (Å²) in [7, 11) is 1.64. The number of likely N-dealkylation sites (tertiary alicyclic amines) is 1. The van der Waals surface area contributed by atoms with Crippen LogP contribution in [0.4, 0.5) is 5.69 Å². The summed E-state index contributed by atoms with van der Waals surface area (Å²) in [6.45, 7) is 3.20. The van der Waals surface area contributed by atoms with E-state index in [4.69, 9.17) is 9.72 Å². The third kappa shape index (κ3) is 5.07. The molecule has 0 saturated carbocycles. The molecule has 6 nitrogen and oxygen atoms in total. The first-order valence-corrected chi connectivity index (χ1v) is 11.7. The molecule has 2 aromatic carbocycles. The van der Waals surface area contributed by atoms with E-state index in [9.17, 15) is 4.79 Å². The van der Waals surface area contributed by atoms with Crippen LogP contribution in [-0.4, -0.2) is 41.0 Å². The van der Waals surface area contributed by atoms with Gasteiger partial charge in [0, 0.05) is 29.4 Å². The SMILES string of the molecule is COc1ccc(-c2ccc(C(=O)Nc3ccc4nc(CN5CCCCC5)ccc4c3)cn2)cc1. The number of carbonyl (C=O) groups is 1. The Hall–Kier alpha value is -3.77. The van der Waals surface area contributed by atoms with Crippen LogP contribution in [0.2, 0.25) is 0 Å². The van der Waals surface area contributed by atoms with E-state index < -0.39 is 0 Å². The van der Waals surface area contributed by atoms with Crippen molar-refractivity contribution >= 4 is 22.5 Å². The van der Waals surface area contributed by atoms with Gasteiger partial charge in [0.25, 0.3) is 5.91 Å². The lowest BCUT2D eigenvalue weighted by Gasteiger charge is -2.26. The van der Waals surface area contributed by atoms with Gasteiger partial charge in [-0.05, 0) is 86.6 Å². The second-order valence-electron chi connectivity index (χ2n) is 8.66. The molecule has 0 bridgehead atoms. The van der Waals surface area contributed by atoms with Gasteiger partial charge in [-0.3, -0.25) is 19.7 Å². The van der Waals surface area contributed by atoms with E-state index in [0.29, 0.717) is 5.56 Å². The summed E-state index contributed by atoms with van der Waals surface area (Å²) >= 11 is 0. The van der Waals surface area contributed by atoms with Crippen LogP contribution in [0.15, 0.2) is 72.9 Å². The molecule has 0 aliphatic carbocycles. The van der Waals surface area contributed by atoms with E-state index in [0.717, 1.165) is 58.9 Å². The van der Waals surface area contributed by atoms with Gasteiger partial charge in [-0.25, -0.2) is 0 Å². The highest BCUT2D eigenvalue weighted by atomic mass is 16.5. The number of aromatic nitrogens is 2. The summed E-state index contributed by atoms with van der Waals surface area (Å²) in [5.41, 5.74) is 5.05. The van der Waals surface area contributed by atoms with E-state index >= 15 is 0 Å². The summed E-state index contributed by atoms with van der Waals surface area (Å²) in [5, 5.41) is 3.98. The minimum atomic E-state index is -0.192. The number of carbonyl (C=O) groups excluding carboxylic acids is 1. The zero-order chi connectivity index (χ0) is 23.3. The van der Waals surface area contributed by atoms with Crippen molar-refractivity contribution < 1.29 is 9.53 Å². The zero-order valence-corrected chi connectivity index (χ0v) is 19.3. The summed E-state index contributed by atoms with van der Waals surface area (Å²) in [4.78, 5) is 24.5. The first-order chi connectivity index (χ1) is 16.7. The Balaban J connectivity index is 1.25. The van der Waals surface area contributed by atoms with Crippen LogP contribution in [0.3, 0.4) is 0 Å². The van der Waals surface area contributed by atoms with Crippen LogP contribution in [0.1, 0.15) is 35.3 Å². The fourth-order valence-corrected chi connectivity index (χ4v) is 4.34. The molecule has 0 unspecified atom stereocenters. The molecule has 5 rings (SSSR count). The van der Waals surface area contributed by atoms with Crippen molar-refractivity contribution in [2.75, 3.05) is 25.5 Å². The molecule has 0 spiro atoms. The summed E-state index contributed by atoms with van der Waals surface area (Å²) < 4.78 is 5.20. The molecule has 0 radical (unpaired) electrons. The van der Waals surface area contributed by atoms with E-state index in [2.05, 4.69) is 27.3 Å². The number of nitrogens with one attached hydrogen (secondary N) is 1. The minimum absolute atomic E-state index is 0.192. The molecule has 2 aromatic heterocycles. The van der Waals surface area contributed by atoms with E-state index in [1.54, 1.807) is 19.4 Å². The molecule has 1 N–H and O–H groups in total. The average Bonchev–Trinajstić information content (AvgIpc) is 2.89. The highest BCUT2D eigenvalue weighted by molar-refractivity contribution is 6.05. The van der Waals surface area contributed by atoms with Crippen molar-refractivity contribution in [3.63, 3.8) is 0 Å². The smallest absolute Gasteiger partial charge is 0.257 e. The Morgan fingerprint density at radius 2 is 1.79 bits per heavy atom. The lowest BCUT2D eigenvalue weighted by molar-refractivity contribution is 0.102. The van der Waals surface area contributed by atoms with Gasteiger partial charge in [0.2, 0.25) is 0 Å². The fraction of sp³-hybridized carbons (Fsp3) is 0.250. The molecule has 6 heteroatoms. The van der Waals surface area contributed by atoms with E-state index in [1.807, 2.05) is 48.5 Å². The highest BCUT2D eigenvalue weighted by Crippen LogP contribution is 2.22. The van der Waals surface area contributed by atoms with Gasteiger partial charge >= 0.3 is 0 Å². The molecule has 1 aliphatic rings. The molecular weight excluding hydrogens is 424 g/mol. The topological polar surface area (TPSA) is 67.3 Å². The quantitative estimate of drug-likeness (QED) is 0.416. The zero-order valence-electron chi connectivity index (χ0n) is 19.3. The summed E-state index contributed by atoms with van der Waals surface area (Å²) in [6.07, 6.45) is 5.48. The van der Waals surface area contributed by atoms with Crippen molar-refractivity contribution in [3.8, 4) is 17.0 Å². The van der Waals surface area contributed by atoms with Crippen LogP contribution in [-0.2, 0) is 6.54 Å². The lowest BCUT2D eigenvalue weighted by Crippen LogP contribution is -2.29. The van der Waals surface area contributed by atoms with Gasteiger partial charge < -0.3 is 10.1 Å². The Morgan fingerprint density at radius 3 is 2.53 bits per heavy atom. The predicted octanol–water partition coefficient (Wildman–Crippen LogP) is 5.54. The molecule has 1 fully saturated rings. The lowest BCUT2D eigenvalue weighted by atomic mass is 10.1. The number of amides is 1. The van der Waals surface area contributed by atoms with Crippen LogP contribution in [0.25, 0.3) is 22.2 Å². The molecular formula is C28H28N4O2. The Morgan fingerprint density at radius 1 is 0.971 bits per heavy atom.